The Labute approximate surface area is 99.7 Å². The molecule has 0 saturated carbocycles. The van der Waals surface area contributed by atoms with Gasteiger partial charge in [0.25, 0.3) is 0 Å². The molecule has 0 unspecified atom stereocenters. The van der Waals surface area contributed by atoms with E-state index in [0.29, 0.717) is 0 Å². The zero-order valence-corrected chi connectivity index (χ0v) is 9.35. The molecule has 1 aliphatic carbocycles. The summed E-state index contributed by atoms with van der Waals surface area (Å²) in [6.45, 7) is 0. The summed E-state index contributed by atoms with van der Waals surface area (Å²) in [5.74, 6) is 0. The van der Waals surface area contributed by atoms with E-state index in [1.54, 1.807) is 0 Å². The highest BCUT2D eigenvalue weighted by molar-refractivity contribution is 5.93. The Morgan fingerprint density at radius 3 is 2.76 bits per heavy atom. The number of nitrogens with zero attached hydrogens (tertiary/aromatic N) is 1. The van der Waals surface area contributed by atoms with Crippen LogP contribution in [0, 0.1) is 0 Å². The van der Waals surface area contributed by atoms with Gasteiger partial charge in [0.15, 0.2) is 0 Å². The van der Waals surface area contributed by atoms with Crippen LogP contribution in [0.25, 0.3) is 22.0 Å². The van der Waals surface area contributed by atoms with Crippen LogP contribution in [0.15, 0.2) is 54.7 Å². The van der Waals surface area contributed by atoms with E-state index in [9.17, 15) is 0 Å². The largest absolute Gasteiger partial charge is 0.256 e. The number of hydrogen-bond acceptors (Lipinski definition) is 1. The first-order chi connectivity index (χ1) is 8.43. The Hall–Kier alpha value is -2.15. The highest BCUT2D eigenvalue weighted by atomic mass is 14.6. The number of pyridine rings is 1. The van der Waals surface area contributed by atoms with Crippen molar-refractivity contribution in [3.05, 3.63) is 65.9 Å². The Bertz CT molecular complexity index is 728. The van der Waals surface area contributed by atoms with Crippen molar-refractivity contribution >= 4 is 10.9 Å². The highest BCUT2D eigenvalue weighted by Crippen LogP contribution is 2.39. The first-order valence-corrected chi connectivity index (χ1v) is 5.88. The van der Waals surface area contributed by atoms with Crippen molar-refractivity contribution in [3.8, 4) is 11.1 Å². The summed E-state index contributed by atoms with van der Waals surface area (Å²) in [6, 6.07) is 17.2. The van der Waals surface area contributed by atoms with Crippen molar-refractivity contribution in [2.75, 3.05) is 0 Å². The first-order valence-electron chi connectivity index (χ1n) is 5.88. The SMILES string of the molecule is c1ccc2c(c1)Cc1c-2ccc2ncccc12. The summed E-state index contributed by atoms with van der Waals surface area (Å²) in [6.07, 6.45) is 2.89. The molecule has 0 aliphatic heterocycles. The molecular formula is C16H11N. The average Bonchev–Trinajstić information content (AvgIpc) is 2.78. The number of aromatic nitrogens is 1. The van der Waals surface area contributed by atoms with Gasteiger partial charge in [-0.3, -0.25) is 4.98 Å². The number of hydrogen-bond donors (Lipinski definition) is 0. The Kier molecular flexibility index (Phi) is 1.67. The monoisotopic (exact) mass is 217 g/mol. The van der Waals surface area contributed by atoms with Gasteiger partial charge >= 0.3 is 0 Å². The van der Waals surface area contributed by atoms with Crippen molar-refractivity contribution in [3.63, 3.8) is 0 Å². The van der Waals surface area contributed by atoms with Gasteiger partial charge in [0.1, 0.15) is 0 Å². The molecule has 1 aliphatic rings. The van der Waals surface area contributed by atoms with E-state index >= 15 is 0 Å². The normalized spacial score (nSPS) is 12.5. The van der Waals surface area contributed by atoms with Crippen molar-refractivity contribution in [2.45, 2.75) is 6.42 Å². The van der Waals surface area contributed by atoms with Crippen LogP contribution >= 0.6 is 0 Å². The van der Waals surface area contributed by atoms with Crippen LogP contribution in [0.3, 0.4) is 0 Å². The van der Waals surface area contributed by atoms with Crippen molar-refractivity contribution in [1.29, 1.82) is 0 Å². The molecule has 1 nitrogen and oxygen atoms in total. The number of rotatable bonds is 0. The molecule has 1 aromatic heterocycles. The van der Waals surface area contributed by atoms with Crippen LogP contribution in [-0.4, -0.2) is 4.98 Å². The van der Waals surface area contributed by atoms with Gasteiger partial charge in [-0.15, -0.1) is 0 Å². The second kappa shape index (κ2) is 3.17. The van der Waals surface area contributed by atoms with Crippen LogP contribution < -0.4 is 0 Å². The third kappa shape index (κ3) is 1.17. The topological polar surface area (TPSA) is 12.9 Å². The highest BCUT2D eigenvalue weighted by Gasteiger charge is 2.19. The third-order valence-electron chi connectivity index (χ3n) is 3.57. The van der Waals surface area contributed by atoms with E-state index in [1.807, 2.05) is 12.3 Å². The maximum Gasteiger partial charge on any atom is 0.0705 e. The second-order valence-corrected chi connectivity index (χ2v) is 4.50. The zero-order valence-electron chi connectivity index (χ0n) is 9.35. The molecule has 0 spiro atoms. The molecule has 17 heavy (non-hydrogen) atoms. The fraction of sp³-hybridized carbons (Fsp3) is 0.0625. The average molecular weight is 217 g/mol. The summed E-state index contributed by atoms with van der Waals surface area (Å²) in [4.78, 5) is 4.42. The summed E-state index contributed by atoms with van der Waals surface area (Å²) >= 11 is 0. The van der Waals surface area contributed by atoms with E-state index < -0.39 is 0 Å². The molecule has 2 aromatic carbocycles. The molecule has 3 aromatic rings. The predicted molar refractivity (Wildman–Crippen MR) is 70.0 cm³/mol. The number of fused-ring (bicyclic) bond motifs is 5. The molecule has 0 saturated heterocycles. The fourth-order valence-corrected chi connectivity index (χ4v) is 2.78. The molecule has 0 fully saturated rings. The second-order valence-electron chi connectivity index (χ2n) is 4.50. The number of benzene rings is 2. The molecule has 0 N–H and O–H groups in total. The van der Waals surface area contributed by atoms with E-state index in [0.717, 1.165) is 11.9 Å². The molecule has 0 amide bonds. The van der Waals surface area contributed by atoms with Gasteiger partial charge in [0, 0.05) is 11.6 Å². The van der Waals surface area contributed by atoms with Crippen molar-refractivity contribution in [1.82, 2.24) is 4.98 Å². The van der Waals surface area contributed by atoms with Crippen LogP contribution in [0.1, 0.15) is 11.1 Å². The van der Waals surface area contributed by atoms with E-state index in [-0.39, 0.29) is 0 Å². The van der Waals surface area contributed by atoms with Crippen LogP contribution in [0.5, 0.6) is 0 Å². The summed E-state index contributed by atoms with van der Waals surface area (Å²) in [7, 11) is 0. The molecule has 0 bridgehead atoms. The molecule has 1 heteroatoms. The van der Waals surface area contributed by atoms with Gasteiger partial charge in [0.05, 0.1) is 5.52 Å². The molecule has 4 rings (SSSR count). The lowest BCUT2D eigenvalue weighted by atomic mass is 10.0. The van der Waals surface area contributed by atoms with E-state index in [2.05, 4.69) is 47.4 Å². The van der Waals surface area contributed by atoms with Crippen molar-refractivity contribution < 1.29 is 0 Å². The Morgan fingerprint density at radius 2 is 1.76 bits per heavy atom. The maximum atomic E-state index is 4.42. The van der Waals surface area contributed by atoms with Gasteiger partial charge in [-0.25, -0.2) is 0 Å². The van der Waals surface area contributed by atoms with Gasteiger partial charge in [0.2, 0.25) is 0 Å². The molecule has 0 atom stereocenters. The zero-order chi connectivity index (χ0) is 11.2. The van der Waals surface area contributed by atoms with Gasteiger partial charge in [-0.05, 0) is 40.8 Å². The van der Waals surface area contributed by atoms with Gasteiger partial charge in [-0.1, -0.05) is 36.4 Å². The van der Waals surface area contributed by atoms with E-state index in [1.165, 1.54) is 27.6 Å². The fourth-order valence-electron chi connectivity index (χ4n) is 2.78. The third-order valence-corrected chi connectivity index (χ3v) is 3.57. The Morgan fingerprint density at radius 1 is 0.824 bits per heavy atom. The van der Waals surface area contributed by atoms with Gasteiger partial charge < -0.3 is 0 Å². The van der Waals surface area contributed by atoms with Crippen LogP contribution in [-0.2, 0) is 6.42 Å². The van der Waals surface area contributed by atoms with Crippen LogP contribution in [0.2, 0.25) is 0 Å². The summed E-state index contributed by atoms with van der Waals surface area (Å²) in [5.41, 5.74) is 6.71. The summed E-state index contributed by atoms with van der Waals surface area (Å²) < 4.78 is 0. The molecule has 0 radical (unpaired) electrons. The standard InChI is InChI=1S/C16H11N/c1-2-5-12-11(4-1)10-15-13(12)7-8-16-14(15)6-3-9-17-16/h1-9H,10H2. The molecule has 1 heterocycles. The maximum absolute atomic E-state index is 4.42. The molecular weight excluding hydrogens is 206 g/mol. The minimum Gasteiger partial charge on any atom is -0.256 e. The lowest BCUT2D eigenvalue weighted by molar-refractivity contribution is 1.28. The predicted octanol–water partition coefficient (Wildman–Crippen LogP) is 3.81. The molecule has 80 valence electrons. The lowest BCUT2D eigenvalue weighted by Gasteiger charge is -2.04. The van der Waals surface area contributed by atoms with Crippen LogP contribution in [0.4, 0.5) is 0 Å². The lowest BCUT2D eigenvalue weighted by Crippen LogP contribution is -1.85. The summed E-state index contributed by atoms with van der Waals surface area (Å²) in [5, 5.41) is 1.29. The van der Waals surface area contributed by atoms with E-state index in [4.69, 9.17) is 0 Å². The van der Waals surface area contributed by atoms with Crippen molar-refractivity contribution in [2.24, 2.45) is 0 Å². The van der Waals surface area contributed by atoms with Gasteiger partial charge in [-0.2, -0.15) is 0 Å². The Balaban J connectivity index is 2.11. The smallest absolute Gasteiger partial charge is 0.0705 e. The minimum atomic E-state index is 1.04. The first kappa shape index (κ1) is 8.94. The minimum absolute atomic E-state index is 1.04. The quantitative estimate of drug-likeness (QED) is 0.436.